The lowest BCUT2D eigenvalue weighted by atomic mass is 9.92. The van der Waals surface area contributed by atoms with Crippen molar-refractivity contribution < 1.29 is 14.3 Å². The average molecular weight is 447 g/mol. The van der Waals surface area contributed by atoms with Gasteiger partial charge in [-0.2, -0.15) is 5.26 Å². The lowest BCUT2D eigenvalue weighted by Gasteiger charge is -2.35. The smallest absolute Gasteiger partial charge is 0.247 e. The lowest BCUT2D eigenvalue weighted by molar-refractivity contribution is -0.128. The molecule has 3 heterocycles. The van der Waals surface area contributed by atoms with E-state index in [4.69, 9.17) is 14.7 Å². The van der Waals surface area contributed by atoms with Crippen molar-refractivity contribution in [3.05, 3.63) is 101 Å². The van der Waals surface area contributed by atoms with Crippen LogP contribution in [0.1, 0.15) is 34.0 Å². The van der Waals surface area contributed by atoms with Gasteiger partial charge in [0.2, 0.25) is 12.7 Å². The molecule has 34 heavy (non-hydrogen) atoms. The third-order valence-electron chi connectivity index (χ3n) is 6.49. The Hall–Kier alpha value is -4.50. The highest BCUT2D eigenvalue weighted by atomic mass is 16.7. The van der Waals surface area contributed by atoms with Crippen LogP contribution in [0.4, 0.5) is 0 Å². The van der Waals surface area contributed by atoms with Gasteiger partial charge in [-0.3, -0.25) is 4.79 Å². The molecule has 2 aliphatic heterocycles. The number of aromatic amines is 1. The minimum Gasteiger partial charge on any atom is -0.454 e. The van der Waals surface area contributed by atoms with Crippen LogP contribution in [0.2, 0.25) is 0 Å². The first-order valence-corrected chi connectivity index (χ1v) is 11.2. The maximum Gasteiger partial charge on any atom is 0.247 e. The molecule has 1 N–H and O–H groups in total. The monoisotopic (exact) mass is 447 g/mol. The molecule has 0 spiro atoms. The molecule has 0 aliphatic carbocycles. The quantitative estimate of drug-likeness (QED) is 0.451. The highest BCUT2D eigenvalue weighted by Crippen LogP contribution is 2.42. The fraction of sp³-hybridized carbons (Fsp3) is 0.143. The van der Waals surface area contributed by atoms with Gasteiger partial charge in [-0.1, -0.05) is 36.4 Å². The number of nitriles is 1. The van der Waals surface area contributed by atoms with Crippen LogP contribution in [-0.2, 0) is 11.2 Å². The van der Waals surface area contributed by atoms with Gasteiger partial charge < -0.3 is 19.4 Å². The summed E-state index contributed by atoms with van der Waals surface area (Å²) >= 11 is 0. The first-order chi connectivity index (χ1) is 16.7. The van der Waals surface area contributed by atoms with E-state index in [-0.39, 0.29) is 18.7 Å². The maximum absolute atomic E-state index is 13.5. The number of hydrogen-bond acceptors (Lipinski definition) is 4. The van der Waals surface area contributed by atoms with Gasteiger partial charge in [0.05, 0.1) is 17.7 Å². The zero-order chi connectivity index (χ0) is 23.1. The molecule has 0 fully saturated rings. The fourth-order valence-corrected chi connectivity index (χ4v) is 4.84. The summed E-state index contributed by atoms with van der Waals surface area (Å²) in [5, 5.41) is 10.2. The van der Waals surface area contributed by atoms with Crippen LogP contribution >= 0.6 is 0 Å². The Morgan fingerprint density at radius 1 is 1.06 bits per heavy atom. The molecule has 1 unspecified atom stereocenters. The molecule has 1 aromatic heterocycles. The minimum absolute atomic E-state index is 0.0728. The standard InChI is InChI=1S/C28H21N3O3/c29-16-19-7-5-18(6-8-19)9-12-26(32)31-14-13-22-21-3-1-2-4-23(21)30-27(22)28(31)20-10-11-24-25(15-20)34-17-33-24/h1-12,15,28,30H,13-14,17H2/b12-9+. The number of benzene rings is 3. The average Bonchev–Trinajstić information content (AvgIpc) is 3.51. The number of nitrogens with zero attached hydrogens (tertiary/aromatic N) is 2. The molecule has 1 atom stereocenters. The summed E-state index contributed by atoms with van der Waals surface area (Å²) in [5.74, 6) is 1.34. The van der Waals surface area contributed by atoms with E-state index in [9.17, 15) is 4.79 Å². The third kappa shape index (κ3) is 3.39. The molecule has 4 aromatic rings. The number of carbonyl (C=O) groups excluding carboxylic acids is 1. The number of nitrogens with one attached hydrogen (secondary N) is 1. The molecule has 6 heteroatoms. The van der Waals surface area contributed by atoms with Gasteiger partial charge in [-0.15, -0.1) is 0 Å². The van der Waals surface area contributed by atoms with Crippen molar-refractivity contribution in [2.75, 3.05) is 13.3 Å². The molecule has 3 aromatic carbocycles. The first-order valence-electron chi connectivity index (χ1n) is 11.2. The van der Waals surface area contributed by atoms with Crippen LogP contribution < -0.4 is 9.47 Å². The van der Waals surface area contributed by atoms with E-state index >= 15 is 0 Å². The van der Waals surface area contributed by atoms with Gasteiger partial charge in [0.1, 0.15) is 0 Å². The number of fused-ring (bicyclic) bond motifs is 4. The zero-order valence-corrected chi connectivity index (χ0v) is 18.3. The molecule has 0 saturated heterocycles. The second kappa shape index (κ2) is 8.13. The second-order valence-electron chi connectivity index (χ2n) is 8.43. The number of hydrogen-bond donors (Lipinski definition) is 1. The van der Waals surface area contributed by atoms with E-state index in [0.717, 1.165) is 34.5 Å². The first kappa shape index (κ1) is 20.1. The Morgan fingerprint density at radius 3 is 2.74 bits per heavy atom. The predicted molar refractivity (Wildman–Crippen MR) is 128 cm³/mol. The summed E-state index contributed by atoms with van der Waals surface area (Å²) < 4.78 is 11.1. The van der Waals surface area contributed by atoms with Crippen molar-refractivity contribution >= 4 is 22.9 Å². The highest BCUT2D eigenvalue weighted by Gasteiger charge is 2.34. The van der Waals surface area contributed by atoms with Crippen molar-refractivity contribution in [2.45, 2.75) is 12.5 Å². The molecular formula is C28H21N3O3. The summed E-state index contributed by atoms with van der Waals surface area (Å²) in [6.45, 7) is 0.807. The molecule has 6 nitrogen and oxygen atoms in total. The Morgan fingerprint density at radius 2 is 1.88 bits per heavy atom. The van der Waals surface area contributed by atoms with Crippen LogP contribution in [0.25, 0.3) is 17.0 Å². The van der Waals surface area contributed by atoms with Gasteiger partial charge >= 0.3 is 0 Å². The van der Waals surface area contributed by atoms with Gasteiger partial charge in [-0.25, -0.2) is 0 Å². The Balaban J connectivity index is 1.40. The van der Waals surface area contributed by atoms with Crippen LogP contribution in [0, 0.1) is 11.3 Å². The number of rotatable bonds is 3. The van der Waals surface area contributed by atoms with E-state index in [1.807, 2.05) is 47.4 Å². The number of ether oxygens (including phenoxy) is 2. The number of carbonyl (C=O) groups is 1. The van der Waals surface area contributed by atoms with E-state index in [1.165, 1.54) is 10.9 Å². The van der Waals surface area contributed by atoms with Gasteiger partial charge in [0.25, 0.3) is 0 Å². The van der Waals surface area contributed by atoms with E-state index < -0.39 is 0 Å². The second-order valence-corrected chi connectivity index (χ2v) is 8.43. The number of amides is 1. The normalized spacial score (nSPS) is 16.6. The summed E-state index contributed by atoms with van der Waals surface area (Å²) in [6.07, 6.45) is 4.17. The van der Waals surface area contributed by atoms with Gasteiger partial charge in [0, 0.05) is 29.2 Å². The number of aromatic nitrogens is 1. The highest BCUT2D eigenvalue weighted by molar-refractivity contribution is 5.93. The molecule has 166 valence electrons. The molecular weight excluding hydrogens is 426 g/mol. The SMILES string of the molecule is N#Cc1ccc(/C=C/C(=O)N2CCc3c([nH]c4ccccc34)C2c2ccc3c(c2)OCO3)cc1. The van der Waals surface area contributed by atoms with Crippen LogP contribution in [0.5, 0.6) is 11.5 Å². The van der Waals surface area contributed by atoms with Crippen molar-refractivity contribution in [3.8, 4) is 17.6 Å². The third-order valence-corrected chi connectivity index (χ3v) is 6.49. The molecule has 1 amide bonds. The van der Waals surface area contributed by atoms with Crippen LogP contribution in [0.15, 0.2) is 72.8 Å². The molecule has 0 radical (unpaired) electrons. The summed E-state index contributed by atoms with van der Waals surface area (Å²) in [6, 6.07) is 23.1. The van der Waals surface area contributed by atoms with Gasteiger partial charge in [-0.05, 0) is 59.5 Å². The predicted octanol–water partition coefficient (Wildman–Crippen LogP) is 4.96. The van der Waals surface area contributed by atoms with Gasteiger partial charge in [0.15, 0.2) is 11.5 Å². The Labute approximate surface area is 196 Å². The minimum atomic E-state index is -0.274. The van der Waals surface area contributed by atoms with Crippen LogP contribution in [-0.4, -0.2) is 29.1 Å². The molecule has 2 aliphatic rings. The topological polar surface area (TPSA) is 78.4 Å². The number of H-pyrrole nitrogens is 1. The Bertz CT molecular complexity index is 1480. The van der Waals surface area contributed by atoms with Crippen molar-refractivity contribution in [3.63, 3.8) is 0 Å². The van der Waals surface area contributed by atoms with E-state index in [2.05, 4.69) is 23.2 Å². The van der Waals surface area contributed by atoms with Crippen molar-refractivity contribution in [2.24, 2.45) is 0 Å². The van der Waals surface area contributed by atoms with E-state index in [1.54, 1.807) is 24.3 Å². The summed E-state index contributed by atoms with van der Waals surface area (Å²) in [5.41, 5.74) is 5.78. The Kier molecular flexibility index (Phi) is 4.81. The fourth-order valence-electron chi connectivity index (χ4n) is 4.84. The lowest BCUT2D eigenvalue weighted by Crippen LogP contribution is -2.39. The largest absolute Gasteiger partial charge is 0.454 e. The molecule has 0 saturated carbocycles. The summed E-state index contributed by atoms with van der Waals surface area (Å²) in [7, 11) is 0. The van der Waals surface area contributed by atoms with E-state index in [0.29, 0.717) is 17.9 Å². The maximum atomic E-state index is 13.5. The molecule has 6 rings (SSSR count). The number of para-hydroxylation sites is 1. The zero-order valence-electron chi connectivity index (χ0n) is 18.3. The van der Waals surface area contributed by atoms with Crippen LogP contribution in [0.3, 0.4) is 0 Å². The molecule has 0 bridgehead atoms. The van der Waals surface area contributed by atoms with Crippen molar-refractivity contribution in [1.82, 2.24) is 9.88 Å². The summed E-state index contributed by atoms with van der Waals surface area (Å²) in [4.78, 5) is 18.9. The van der Waals surface area contributed by atoms with Crippen molar-refractivity contribution in [1.29, 1.82) is 5.26 Å².